The Balaban J connectivity index is 1.88. The summed E-state index contributed by atoms with van der Waals surface area (Å²) in [6.45, 7) is 5.07. The summed E-state index contributed by atoms with van der Waals surface area (Å²) in [4.78, 5) is 2.25. The van der Waals surface area contributed by atoms with Crippen molar-refractivity contribution in [1.82, 2.24) is 10.2 Å². The average Bonchev–Trinajstić information content (AvgIpc) is 2.97. The van der Waals surface area contributed by atoms with Crippen LogP contribution in [0.3, 0.4) is 0 Å². The van der Waals surface area contributed by atoms with Crippen molar-refractivity contribution in [3.05, 3.63) is 23.7 Å². The van der Waals surface area contributed by atoms with Gasteiger partial charge >= 0.3 is 0 Å². The van der Waals surface area contributed by atoms with Crippen LogP contribution in [0.15, 0.2) is 16.7 Å². The van der Waals surface area contributed by atoms with Crippen molar-refractivity contribution < 1.29 is 4.42 Å². The van der Waals surface area contributed by atoms with Gasteiger partial charge in [-0.3, -0.25) is 4.90 Å². The number of nitrogens with zero attached hydrogens (tertiary/aromatic N) is 1. The molecule has 1 fully saturated rings. The van der Waals surface area contributed by atoms with Crippen molar-refractivity contribution >= 4 is 0 Å². The molecule has 0 amide bonds. The van der Waals surface area contributed by atoms with Crippen LogP contribution < -0.4 is 5.32 Å². The third-order valence-electron chi connectivity index (χ3n) is 2.95. The zero-order valence-electron chi connectivity index (χ0n) is 9.62. The molecule has 0 bridgehead atoms. The van der Waals surface area contributed by atoms with Gasteiger partial charge in [0.2, 0.25) is 0 Å². The van der Waals surface area contributed by atoms with Gasteiger partial charge in [0.25, 0.3) is 0 Å². The summed E-state index contributed by atoms with van der Waals surface area (Å²) in [5.74, 6) is 1.10. The van der Waals surface area contributed by atoms with Crippen molar-refractivity contribution in [2.45, 2.75) is 38.9 Å². The number of rotatable bonds is 6. The Morgan fingerprint density at radius 3 is 3.00 bits per heavy atom. The molecule has 1 saturated carbocycles. The minimum absolute atomic E-state index is 0.761. The molecule has 2 rings (SSSR count). The van der Waals surface area contributed by atoms with Gasteiger partial charge in [0.15, 0.2) is 0 Å². The summed E-state index contributed by atoms with van der Waals surface area (Å²) in [5.41, 5.74) is 1.31. The summed E-state index contributed by atoms with van der Waals surface area (Å²) in [6.07, 6.45) is 4.47. The highest BCUT2D eigenvalue weighted by Gasteiger charge is 2.20. The van der Waals surface area contributed by atoms with Gasteiger partial charge < -0.3 is 9.73 Å². The minimum Gasteiger partial charge on any atom is -0.468 e. The first-order valence-corrected chi connectivity index (χ1v) is 5.76. The Kier molecular flexibility index (Phi) is 3.44. The van der Waals surface area contributed by atoms with E-state index in [2.05, 4.69) is 30.3 Å². The molecule has 0 unspecified atom stereocenters. The predicted octanol–water partition coefficient (Wildman–Crippen LogP) is 1.98. The van der Waals surface area contributed by atoms with Crippen LogP contribution in [0.2, 0.25) is 0 Å². The van der Waals surface area contributed by atoms with Crippen LogP contribution >= 0.6 is 0 Å². The van der Waals surface area contributed by atoms with Crippen LogP contribution in [0.25, 0.3) is 0 Å². The summed E-state index contributed by atoms with van der Waals surface area (Å²) in [6, 6.07) is 2.84. The zero-order chi connectivity index (χ0) is 10.7. The van der Waals surface area contributed by atoms with Crippen LogP contribution in [0.1, 0.15) is 31.1 Å². The summed E-state index contributed by atoms with van der Waals surface area (Å²) in [5, 5.41) is 3.51. The minimum atomic E-state index is 0.761. The summed E-state index contributed by atoms with van der Waals surface area (Å²) < 4.78 is 5.51. The van der Waals surface area contributed by atoms with E-state index in [-0.39, 0.29) is 0 Å². The maximum Gasteiger partial charge on any atom is 0.122 e. The lowest BCUT2D eigenvalue weighted by Gasteiger charge is -2.13. The molecule has 0 spiro atoms. The van der Waals surface area contributed by atoms with Crippen LogP contribution in [0, 0.1) is 0 Å². The SMILES string of the molecule is CCN(C)Cc1occc1CNC1CC1. The fourth-order valence-corrected chi connectivity index (χ4v) is 1.56. The average molecular weight is 208 g/mol. The fraction of sp³-hybridized carbons (Fsp3) is 0.667. The number of hydrogen-bond donors (Lipinski definition) is 1. The van der Waals surface area contributed by atoms with Crippen molar-refractivity contribution in [2.24, 2.45) is 0 Å². The maximum absolute atomic E-state index is 5.51. The van der Waals surface area contributed by atoms with E-state index in [1.165, 1.54) is 18.4 Å². The molecule has 1 heterocycles. The van der Waals surface area contributed by atoms with Crippen LogP contribution in [-0.2, 0) is 13.1 Å². The van der Waals surface area contributed by atoms with Crippen LogP contribution in [0.5, 0.6) is 0 Å². The number of hydrogen-bond acceptors (Lipinski definition) is 3. The first-order valence-electron chi connectivity index (χ1n) is 5.76. The molecule has 0 aliphatic heterocycles. The molecule has 3 heteroatoms. The van der Waals surface area contributed by atoms with Gasteiger partial charge in [-0.1, -0.05) is 6.92 Å². The Hall–Kier alpha value is -0.800. The zero-order valence-corrected chi connectivity index (χ0v) is 9.62. The van der Waals surface area contributed by atoms with E-state index in [9.17, 15) is 0 Å². The summed E-state index contributed by atoms with van der Waals surface area (Å²) in [7, 11) is 2.11. The summed E-state index contributed by atoms with van der Waals surface area (Å²) >= 11 is 0. The molecule has 15 heavy (non-hydrogen) atoms. The highest BCUT2D eigenvalue weighted by Crippen LogP contribution is 2.20. The predicted molar refractivity (Wildman–Crippen MR) is 60.6 cm³/mol. The lowest BCUT2D eigenvalue weighted by Crippen LogP contribution is -2.19. The van der Waals surface area contributed by atoms with Gasteiger partial charge in [-0.15, -0.1) is 0 Å². The second-order valence-electron chi connectivity index (χ2n) is 4.35. The molecule has 84 valence electrons. The normalized spacial score (nSPS) is 16.2. The Morgan fingerprint density at radius 1 is 1.53 bits per heavy atom. The van der Waals surface area contributed by atoms with Crippen molar-refractivity contribution in [3.63, 3.8) is 0 Å². The van der Waals surface area contributed by atoms with E-state index >= 15 is 0 Å². The molecule has 1 aromatic rings. The molecule has 1 N–H and O–H groups in total. The van der Waals surface area contributed by atoms with Crippen LogP contribution in [0.4, 0.5) is 0 Å². The first-order chi connectivity index (χ1) is 7.29. The van der Waals surface area contributed by atoms with Crippen molar-refractivity contribution in [3.8, 4) is 0 Å². The molecule has 0 aromatic carbocycles. The highest BCUT2D eigenvalue weighted by atomic mass is 16.3. The smallest absolute Gasteiger partial charge is 0.122 e. The molecule has 1 aliphatic carbocycles. The van der Waals surface area contributed by atoms with Gasteiger partial charge in [-0.2, -0.15) is 0 Å². The molecule has 1 aliphatic rings. The highest BCUT2D eigenvalue weighted by molar-refractivity contribution is 5.17. The van der Waals surface area contributed by atoms with E-state index in [1.54, 1.807) is 6.26 Å². The molecule has 0 radical (unpaired) electrons. The van der Waals surface area contributed by atoms with Gasteiger partial charge in [-0.05, 0) is 32.5 Å². The molecular weight excluding hydrogens is 188 g/mol. The molecule has 0 atom stereocenters. The van der Waals surface area contributed by atoms with E-state index in [0.717, 1.165) is 31.4 Å². The van der Waals surface area contributed by atoms with Crippen molar-refractivity contribution in [1.29, 1.82) is 0 Å². The first kappa shape index (κ1) is 10.7. The van der Waals surface area contributed by atoms with Gasteiger partial charge in [0.05, 0.1) is 12.8 Å². The molecular formula is C12H20N2O. The lowest BCUT2D eigenvalue weighted by molar-refractivity contribution is 0.307. The third-order valence-corrected chi connectivity index (χ3v) is 2.95. The van der Waals surface area contributed by atoms with Gasteiger partial charge in [0, 0.05) is 18.2 Å². The second-order valence-corrected chi connectivity index (χ2v) is 4.35. The maximum atomic E-state index is 5.51. The lowest BCUT2D eigenvalue weighted by atomic mass is 10.2. The number of nitrogens with one attached hydrogen (secondary N) is 1. The second kappa shape index (κ2) is 4.81. The van der Waals surface area contributed by atoms with E-state index < -0.39 is 0 Å². The third kappa shape index (κ3) is 3.08. The molecule has 0 saturated heterocycles. The van der Waals surface area contributed by atoms with Crippen molar-refractivity contribution in [2.75, 3.05) is 13.6 Å². The fourth-order valence-electron chi connectivity index (χ4n) is 1.56. The Labute approximate surface area is 91.4 Å². The Morgan fingerprint density at radius 2 is 2.33 bits per heavy atom. The van der Waals surface area contributed by atoms with E-state index in [4.69, 9.17) is 4.42 Å². The van der Waals surface area contributed by atoms with Gasteiger partial charge in [-0.25, -0.2) is 0 Å². The largest absolute Gasteiger partial charge is 0.468 e. The Bertz CT molecular complexity index is 304. The topological polar surface area (TPSA) is 28.4 Å². The molecule has 1 aromatic heterocycles. The van der Waals surface area contributed by atoms with E-state index in [1.807, 2.05) is 0 Å². The quantitative estimate of drug-likeness (QED) is 0.775. The van der Waals surface area contributed by atoms with Crippen LogP contribution in [-0.4, -0.2) is 24.5 Å². The monoisotopic (exact) mass is 208 g/mol. The molecule has 3 nitrogen and oxygen atoms in total. The standard InChI is InChI=1S/C12H20N2O/c1-3-14(2)9-12-10(6-7-15-12)8-13-11-4-5-11/h6-7,11,13H,3-5,8-9H2,1-2H3. The number of furan rings is 1. The van der Waals surface area contributed by atoms with Gasteiger partial charge in [0.1, 0.15) is 5.76 Å². The van der Waals surface area contributed by atoms with E-state index in [0.29, 0.717) is 0 Å².